The molecule has 7 heteroatoms. The van der Waals surface area contributed by atoms with Gasteiger partial charge in [0.1, 0.15) is 5.82 Å². The number of fused-ring (bicyclic) bond motifs is 1. The molecule has 0 aliphatic carbocycles. The van der Waals surface area contributed by atoms with Gasteiger partial charge in [-0.1, -0.05) is 29.3 Å². The summed E-state index contributed by atoms with van der Waals surface area (Å²) in [5.41, 5.74) is 2.02. The van der Waals surface area contributed by atoms with E-state index in [-0.39, 0.29) is 6.54 Å². The van der Waals surface area contributed by atoms with Gasteiger partial charge in [-0.3, -0.25) is 10.1 Å². The molecule has 1 aromatic heterocycles. The molecule has 0 fully saturated rings. The van der Waals surface area contributed by atoms with Crippen molar-refractivity contribution < 1.29 is 9.31 Å². The Kier molecular flexibility index (Phi) is 4.24. The summed E-state index contributed by atoms with van der Waals surface area (Å²) in [7, 11) is 0. The van der Waals surface area contributed by atoms with Crippen molar-refractivity contribution in [1.82, 2.24) is 4.98 Å². The third kappa shape index (κ3) is 3.16. The lowest BCUT2D eigenvalue weighted by Crippen LogP contribution is -2.13. The molecule has 3 rings (SSSR count). The van der Waals surface area contributed by atoms with E-state index in [1.165, 1.54) is 12.1 Å². The number of rotatable bonds is 4. The van der Waals surface area contributed by atoms with Gasteiger partial charge in [0, 0.05) is 22.0 Å². The topological polar surface area (TPSA) is 58.9 Å². The maximum Gasteiger partial charge on any atom is 0.214 e. The van der Waals surface area contributed by atoms with Crippen molar-refractivity contribution in [2.24, 2.45) is 0 Å². The highest BCUT2D eigenvalue weighted by atomic mass is 35.5. The van der Waals surface area contributed by atoms with Crippen LogP contribution in [0.15, 0.2) is 42.6 Å². The summed E-state index contributed by atoms with van der Waals surface area (Å²) in [6, 6.07) is 9.21. The number of H-pyrrole nitrogens is 1. The number of halogens is 3. The molecule has 0 amide bonds. The lowest BCUT2D eigenvalue weighted by Gasteiger charge is -2.14. The Morgan fingerprint density at radius 2 is 1.96 bits per heavy atom. The van der Waals surface area contributed by atoms with Crippen molar-refractivity contribution in [2.75, 3.05) is 6.54 Å². The van der Waals surface area contributed by atoms with Gasteiger partial charge in [-0.15, -0.1) is 0 Å². The largest absolute Gasteiger partial charge is 0.361 e. The molecule has 0 radical (unpaired) electrons. The first-order valence-electron chi connectivity index (χ1n) is 6.79. The number of nitrogens with one attached hydrogen (secondary N) is 1. The lowest BCUT2D eigenvalue weighted by molar-refractivity contribution is -0.481. The zero-order valence-corrected chi connectivity index (χ0v) is 13.2. The predicted octanol–water partition coefficient (Wildman–Crippen LogP) is 5.02. The average molecular weight is 353 g/mol. The van der Waals surface area contributed by atoms with E-state index in [9.17, 15) is 14.5 Å². The van der Waals surface area contributed by atoms with Crippen LogP contribution in [-0.4, -0.2) is 16.5 Å². The minimum absolute atomic E-state index is 0.323. The molecule has 3 aromatic rings. The first kappa shape index (κ1) is 15.8. The van der Waals surface area contributed by atoms with Gasteiger partial charge >= 0.3 is 0 Å². The van der Waals surface area contributed by atoms with Crippen molar-refractivity contribution in [3.63, 3.8) is 0 Å². The van der Waals surface area contributed by atoms with Gasteiger partial charge in [0.05, 0.1) is 16.0 Å². The van der Waals surface area contributed by atoms with E-state index in [0.29, 0.717) is 26.6 Å². The minimum Gasteiger partial charge on any atom is -0.361 e. The molecule has 118 valence electrons. The third-order valence-electron chi connectivity index (χ3n) is 3.73. The molecule has 1 atom stereocenters. The smallest absolute Gasteiger partial charge is 0.214 e. The third-order valence-corrected chi connectivity index (χ3v) is 4.47. The zero-order chi connectivity index (χ0) is 16.6. The van der Waals surface area contributed by atoms with Gasteiger partial charge in [-0.2, -0.15) is 0 Å². The second-order valence-corrected chi connectivity index (χ2v) is 5.99. The molecule has 0 bridgehead atoms. The van der Waals surface area contributed by atoms with Crippen LogP contribution >= 0.6 is 23.2 Å². The van der Waals surface area contributed by atoms with E-state index < -0.39 is 16.7 Å². The standard InChI is InChI=1S/C16H11Cl2FN2O2/c17-14-3-1-9(5-15(14)18)13(8-21(22)23)12-7-20-16-4-2-10(19)6-11(12)16/h1-7,13,20H,8H2. The molecule has 0 saturated heterocycles. The van der Waals surface area contributed by atoms with Crippen molar-refractivity contribution in [3.8, 4) is 0 Å². The van der Waals surface area contributed by atoms with E-state index in [1.54, 1.807) is 30.5 Å². The normalized spacial score (nSPS) is 12.5. The van der Waals surface area contributed by atoms with E-state index >= 15 is 0 Å². The minimum atomic E-state index is -0.560. The molecule has 0 spiro atoms. The average Bonchev–Trinajstić information content (AvgIpc) is 2.90. The molecule has 0 aliphatic rings. The first-order valence-corrected chi connectivity index (χ1v) is 7.54. The molecular formula is C16H11Cl2FN2O2. The highest BCUT2D eigenvalue weighted by Crippen LogP contribution is 2.34. The first-order chi connectivity index (χ1) is 11.0. The van der Waals surface area contributed by atoms with Crippen LogP contribution in [0.5, 0.6) is 0 Å². The molecule has 23 heavy (non-hydrogen) atoms. The molecule has 1 heterocycles. The van der Waals surface area contributed by atoms with Gasteiger partial charge < -0.3 is 4.98 Å². The van der Waals surface area contributed by atoms with E-state index in [1.807, 2.05) is 0 Å². The van der Waals surface area contributed by atoms with Crippen LogP contribution in [0.25, 0.3) is 10.9 Å². The van der Waals surface area contributed by atoms with Crippen LogP contribution in [0.1, 0.15) is 17.0 Å². The molecular weight excluding hydrogens is 342 g/mol. The summed E-state index contributed by atoms with van der Waals surface area (Å²) in [5, 5.41) is 12.4. The van der Waals surface area contributed by atoms with Crippen molar-refractivity contribution in [2.45, 2.75) is 5.92 Å². The number of aromatic amines is 1. The highest BCUT2D eigenvalue weighted by molar-refractivity contribution is 6.42. The van der Waals surface area contributed by atoms with Gasteiger partial charge in [0.15, 0.2) is 0 Å². The van der Waals surface area contributed by atoms with Crippen LogP contribution in [-0.2, 0) is 0 Å². The summed E-state index contributed by atoms with van der Waals surface area (Å²) in [4.78, 5) is 13.7. The van der Waals surface area contributed by atoms with E-state index in [2.05, 4.69) is 4.98 Å². The van der Waals surface area contributed by atoms with Crippen LogP contribution in [0.4, 0.5) is 4.39 Å². The summed E-state index contributed by atoms with van der Waals surface area (Å²) in [6.45, 7) is -0.332. The molecule has 0 aliphatic heterocycles. The van der Waals surface area contributed by atoms with E-state index in [0.717, 1.165) is 5.52 Å². The number of hydrogen-bond donors (Lipinski definition) is 1. The van der Waals surface area contributed by atoms with Gasteiger partial charge in [-0.05, 0) is 41.5 Å². The van der Waals surface area contributed by atoms with E-state index in [4.69, 9.17) is 23.2 Å². The van der Waals surface area contributed by atoms with Crippen molar-refractivity contribution in [1.29, 1.82) is 0 Å². The lowest BCUT2D eigenvalue weighted by atomic mass is 9.91. The molecule has 1 unspecified atom stereocenters. The fourth-order valence-corrected chi connectivity index (χ4v) is 2.97. The van der Waals surface area contributed by atoms with Crippen LogP contribution in [0, 0.1) is 15.9 Å². The Morgan fingerprint density at radius 3 is 2.65 bits per heavy atom. The van der Waals surface area contributed by atoms with Gasteiger partial charge in [-0.25, -0.2) is 4.39 Å². The van der Waals surface area contributed by atoms with Crippen LogP contribution in [0.3, 0.4) is 0 Å². The van der Waals surface area contributed by atoms with Crippen LogP contribution < -0.4 is 0 Å². The summed E-state index contributed by atoms with van der Waals surface area (Å²) in [5.74, 6) is -0.956. The Hall–Kier alpha value is -2.11. The number of aromatic nitrogens is 1. The second kappa shape index (κ2) is 6.18. The Balaban J connectivity index is 2.16. The SMILES string of the molecule is O=[N+]([O-])CC(c1ccc(Cl)c(Cl)c1)c1c[nH]c2ccc(F)cc12. The highest BCUT2D eigenvalue weighted by Gasteiger charge is 2.24. The molecule has 1 N–H and O–H groups in total. The number of nitro groups is 1. The number of nitrogens with zero attached hydrogens (tertiary/aromatic N) is 1. The molecule has 0 saturated carbocycles. The van der Waals surface area contributed by atoms with Crippen molar-refractivity contribution in [3.05, 3.63) is 79.7 Å². The monoisotopic (exact) mass is 352 g/mol. The number of hydrogen-bond acceptors (Lipinski definition) is 2. The zero-order valence-electron chi connectivity index (χ0n) is 11.7. The molecule has 2 aromatic carbocycles. The summed E-state index contributed by atoms with van der Waals surface area (Å²) in [6.07, 6.45) is 1.67. The predicted molar refractivity (Wildman–Crippen MR) is 88.4 cm³/mol. The quantitative estimate of drug-likeness (QED) is 0.529. The second-order valence-electron chi connectivity index (χ2n) is 5.18. The van der Waals surface area contributed by atoms with Crippen LogP contribution in [0.2, 0.25) is 10.0 Å². The Bertz CT molecular complexity index is 895. The Morgan fingerprint density at radius 1 is 1.17 bits per heavy atom. The van der Waals surface area contributed by atoms with Gasteiger partial charge in [0.2, 0.25) is 6.54 Å². The summed E-state index contributed by atoms with van der Waals surface area (Å²) >= 11 is 11.9. The molecule has 4 nitrogen and oxygen atoms in total. The summed E-state index contributed by atoms with van der Waals surface area (Å²) < 4.78 is 13.6. The maximum atomic E-state index is 13.6. The fourth-order valence-electron chi connectivity index (χ4n) is 2.66. The fraction of sp³-hybridized carbons (Fsp3) is 0.125. The Labute approximate surface area is 141 Å². The van der Waals surface area contributed by atoms with Crippen molar-refractivity contribution >= 4 is 34.1 Å². The number of benzene rings is 2. The van der Waals surface area contributed by atoms with Gasteiger partial charge in [0.25, 0.3) is 0 Å². The maximum absolute atomic E-state index is 13.6.